The minimum atomic E-state index is -0.977. The van der Waals surface area contributed by atoms with E-state index in [1.54, 1.807) is 43.3 Å². The van der Waals surface area contributed by atoms with Crippen molar-refractivity contribution in [3.05, 3.63) is 64.7 Å². The topological polar surface area (TPSA) is 87.2 Å². The van der Waals surface area contributed by atoms with Crippen LogP contribution in [0.2, 0.25) is 5.02 Å². The number of aliphatic hydroxyl groups is 1. The molecule has 2 amide bonds. The Balaban J connectivity index is 1.43. The summed E-state index contributed by atoms with van der Waals surface area (Å²) in [6, 6.07) is 12.9. The molecule has 1 atom stereocenters. The molecule has 2 fully saturated rings. The highest BCUT2D eigenvalue weighted by atomic mass is 35.5. The van der Waals surface area contributed by atoms with Gasteiger partial charge in [-0.1, -0.05) is 23.7 Å². The first-order valence-electron chi connectivity index (χ1n) is 10.7. The van der Waals surface area contributed by atoms with E-state index >= 15 is 0 Å². The maximum Gasteiger partial charge on any atom is 0.338 e. The number of amides is 2. The monoisotopic (exact) mass is 456 g/mol. The van der Waals surface area contributed by atoms with Crippen LogP contribution in [0.4, 0.5) is 5.69 Å². The van der Waals surface area contributed by atoms with Crippen LogP contribution in [-0.4, -0.2) is 53.5 Å². The molecule has 4 rings (SSSR count). The third kappa shape index (κ3) is 4.28. The molecule has 32 heavy (non-hydrogen) atoms. The van der Waals surface area contributed by atoms with Crippen molar-refractivity contribution in [3.8, 4) is 0 Å². The summed E-state index contributed by atoms with van der Waals surface area (Å²) in [6.07, 6.45) is 1.01. The molecule has 7 nitrogen and oxygen atoms in total. The molecule has 0 aliphatic carbocycles. The molecule has 2 heterocycles. The minimum absolute atomic E-state index is 0.0951. The molecule has 0 radical (unpaired) electrons. The van der Waals surface area contributed by atoms with Crippen molar-refractivity contribution in [3.63, 3.8) is 0 Å². The van der Waals surface area contributed by atoms with Gasteiger partial charge in [-0.05, 0) is 61.7 Å². The highest BCUT2D eigenvalue weighted by Crippen LogP contribution is 2.36. The van der Waals surface area contributed by atoms with Gasteiger partial charge in [0.25, 0.3) is 5.91 Å². The molecule has 2 aromatic carbocycles. The van der Waals surface area contributed by atoms with Gasteiger partial charge in [-0.15, -0.1) is 0 Å². The third-order valence-electron chi connectivity index (χ3n) is 6.21. The van der Waals surface area contributed by atoms with Gasteiger partial charge in [0.2, 0.25) is 5.91 Å². The second-order valence-electron chi connectivity index (χ2n) is 8.13. The van der Waals surface area contributed by atoms with E-state index in [1.807, 2.05) is 17.0 Å². The molecule has 0 unspecified atom stereocenters. The summed E-state index contributed by atoms with van der Waals surface area (Å²) in [5.74, 6) is -1.00. The number of imide groups is 1. The van der Waals surface area contributed by atoms with E-state index in [2.05, 4.69) is 0 Å². The maximum absolute atomic E-state index is 13.1. The van der Waals surface area contributed by atoms with E-state index in [-0.39, 0.29) is 24.8 Å². The summed E-state index contributed by atoms with van der Waals surface area (Å²) in [6.45, 7) is 3.00. The lowest BCUT2D eigenvalue weighted by Gasteiger charge is -2.40. The number of carbonyl (C=O) groups excluding carboxylic acids is 3. The van der Waals surface area contributed by atoms with Gasteiger partial charge in [-0.3, -0.25) is 14.5 Å². The lowest BCUT2D eigenvalue weighted by atomic mass is 9.84. The number of likely N-dealkylation sites (tertiary alicyclic amines) is 1. The van der Waals surface area contributed by atoms with Crippen LogP contribution < -0.4 is 4.90 Å². The zero-order chi connectivity index (χ0) is 22.9. The Morgan fingerprint density at radius 1 is 1.09 bits per heavy atom. The Morgan fingerprint density at radius 3 is 2.31 bits per heavy atom. The summed E-state index contributed by atoms with van der Waals surface area (Å²) in [4.78, 5) is 40.7. The number of benzene rings is 2. The molecule has 0 saturated carbocycles. The van der Waals surface area contributed by atoms with E-state index in [0.29, 0.717) is 42.2 Å². The molecule has 2 aliphatic heterocycles. The molecule has 1 N–H and O–H groups in total. The van der Waals surface area contributed by atoms with Crippen LogP contribution in [0.15, 0.2) is 48.5 Å². The van der Waals surface area contributed by atoms with Crippen molar-refractivity contribution in [1.29, 1.82) is 0 Å². The number of esters is 1. The smallest absolute Gasteiger partial charge is 0.338 e. The Labute approximate surface area is 191 Å². The van der Waals surface area contributed by atoms with Crippen LogP contribution >= 0.6 is 11.6 Å². The van der Waals surface area contributed by atoms with Gasteiger partial charge >= 0.3 is 5.97 Å². The van der Waals surface area contributed by atoms with E-state index in [9.17, 15) is 19.5 Å². The summed E-state index contributed by atoms with van der Waals surface area (Å²) >= 11 is 5.95. The first kappa shape index (κ1) is 22.5. The standard InChI is InChI=1S/C24H25ClN2O5/c1-2-32-23(30)16-3-9-19(10-4-16)27-21(28)15-20(22(27)29)26-13-11-24(31,12-14-26)17-5-7-18(25)8-6-17/h3-10,20,31H,2,11-15H2,1H3/t20-/m1/s1. The zero-order valence-corrected chi connectivity index (χ0v) is 18.5. The molecule has 8 heteroatoms. The van der Waals surface area contributed by atoms with Gasteiger partial charge in [0, 0.05) is 18.1 Å². The van der Waals surface area contributed by atoms with Gasteiger partial charge in [-0.25, -0.2) is 9.69 Å². The highest BCUT2D eigenvalue weighted by molar-refractivity contribution is 6.30. The van der Waals surface area contributed by atoms with Crippen LogP contribution in [0.1, 0.15) is 42.1 Å². The molecule has 2 aromatic rings. The van der Waals surface area contributed by atoms with Gasteiger partial charge in [0.1, 0.15) is 0 Å². The number of rotatable bonds is 5. The number of carbonyl (C=O) groups is 3. The molecule has 0 spiro atoms. The fourth-order valence-corrected chi connectivity index (χ4v) is 4.51. The van der Waals surface area contributed by atoms with E-state index in [4.69, 9.17) is 16.3 Å². The van der Waals surface area contributed by atoms with Crippen molar-refractivity contribution >= 4 is 35.1 Å². The Kier molecular flexibility index (Phi) is 6.33. The number of anilines is 1. The van der Waals surface area contributed by atoms with Crippen molar-refractivity contribution < 1.29 is 24.2 Å². The van der Waals surface area contributed by atoms with Crippen LogP contribution in [0.3, 0.4) is 0 Å². The van der Waals surface area contributed by atoms with Crippen molar-refractivity contribution in [2.45, 2.75) is 37.8 Å². The van der Waals surface area contributed by atoms with Crippen LogP contribution in [0.5, 0.6) is 0 Å². The molecule has 0 bridgehead atoms. The van der Waals surface area contributed by atoms with Crippen LogP contribution in [0.25, 0.3) is 0 Å². The second kappa shape index (κ2) is 9.02. The molecular weight excluding hydrogens is 432 g/mol. The van der Waals surface area contributed by atoms with Gasteiger partial charge in [0.15, 0.2) is 0 Å². The summed E-state index contributed by atoms with van der Waals surface area (Å²) < 4.78 is 4.97. The first-order valence-corrected chi connectivity index (χ1v) is 11.1. The van der Waals surface area contributed by atoms with E-state index in [0.717, 1.165) is 5.56 Å². The Hall–Kier alpha value is -2.74. The van der Waals surface area contributed by atoms with Crippen molar-refractivity contribution in [2.24, 2.45) is 0 Å². The Bertz CT molecular complexity index is 1010. The minimum Gasteiger partial charge on any atom is -0.462 e. The number of hydrogen-bond donors (Lipinski definition) is 1. The average molecular weight is 457 g/mol. The first-order chi connectivity index (χ1) is 15.3. The second-order valence-corrected chi connectivity index (χ2v) is 8.57. The van der Waals surface area contributed by atoms with Crippen LogP contribution in [-0.2, 0) is 19.9 Å². The lowest BCUT2D eigenvalue weighted by Crippen LogP contribution is -2.49. The quantitative estimate of drug-likeness (QED) is 0.549. The van der Waals surface area contributed by atoms with Crippen molar-refractivity contribution in [1.82, 2.24) is 4.90 Å². The fraction of sp³-hybridized carbons (Fsp3) is 0.375. The fourth-order valence-electron chi connectivity index (χ4n) is 4.39. The maximum atomic E-state index is 13.1. The molecule has 0 aromatic heterocycles. The van der Waals surface area contributed by atoms with Gasteiger partial charge in [0.05, 0.1) is 35.9 Å². The molecule has 168 valence electrons. The van der Waals surface area contributed by atoms with Crippen molar-refractivity contribution in [2.75, 3.05) is 24.6 Å². The number of nitrogens with zero attached hydrogens (tertiary/aromatic N) is 2. The number of hydrogen-bond acceptors (Lipinski definition) is 6. The predicted octanol–water partition coefficient (Wildman–Crippen LogP) is 3.13. The Morgan fingerprint density at radius 2 is 1.72 bits per heavy atom. The highest BCUT2D eigenvalue weighted by Gasteiger charge is 2.45. The summed E-state index contributed by atoms with van der Waals surface area (Å²) in [5.41, 5.74) is 0.628. The lowest BCUT2D eigenvalue weighted by molar-refractivity contribution is -0.124. The zero-order valence-electron chi connectivity index (χ0n) is 17.8. The van der Waals surface area contributed by atoms with Crippen LogP contribution in [0, 0.1) is 0 Å². The normalized spacial score (nSPS) is 21.1. The van der Waals surface area contributed by atoms with Gasteiger partial charge in [-0.2, -0.15) is 0 Å². The number of piperidine rings is 1. The molecule has 2 saturated heterocycles. The van der Waals surface area contributed by atoms with E-state index < -0.39 is 17.6 Å². The summed E-state index contributed by atoms with van der Waals surface area (Å²) in [7, 11) is 0. The average Bonchev–Trinajstić information content (AvgIpc) is 3.09. The molecule has 2 aliphatic rings. The summed E-state index contributed by atoms with van der Waals surface area (Å²) in [5, 5.41) is 11.7. The number of ether oxygens (including phenoxy) is 1. The largest absolute Gasteiger partial charge is 0.462 e. The SMILES string of the molecule is CCOC(=O)c1ccc(N2C(=O)C[C@@H](N3CCC(O)(c4ccc(Cl)cc4)CC3)C2=O)cc1. The van der Waals surface area contributed by atoms with Gasteiger partial charge < -0.3 is 9.84 Å². The molecular formula is C24H25ClN2O5. The third-order valence-corrected chi connectivity index (χ3v) is 6.46. The van der Waals surface area contributed by atoms with E-state index in [1.165, 1.54) is 4.90 Å². The predicted molar refractivity (Wildman–Crippen MR) is 119 cm³/mol. The number of halogens is 1.